The first-order chi connectivity index (χ1) is 6.57. The Morgan fingerprint density at radius 1 is 1.50 bits per heavy atom. The Bertz CT molecular complexity index is 359. The zero-order valence-corrected chi connectivity index (χ0v) is 10.1. The van der Waals surface area contributed by atoms with Crippen molar-refractivity contribution in [2.24, 2.45) is 0 Å². The van der Waals surface area contributed by atoms with Crippen molar-refractivity contribution in [1.29, 1.82) is 0 Å². The number of hydrogen-bond donors (Lipinski definition) is 0. The minimum atomic E-state index is 0.0752. The van der Waals surface area contributed by atoms with Crippen molar-refractivity contribution in [2.75, 3.05) is 6.61 Å². The molecule has 0 atom stereocenters. The molecule has 0 aliphatic rings. The highest BCUT2D eigenvalue weighted by Crippen LogP contribution is 2.30. The first-order valence-corrected chi connectivity index (χ1v) is 5.30. The lowest BCUT2D eigenvalue weighted by Gasteiger charge is -2.10. The summed E-state index contributed by atoms with van der Waals surface area (Å²) in [5.74, 6) is 0.862. The van der Waals surface area contributed by atoms with Gasteiger partial charge in [-0.3, -0.25) is 4.79 Å². The van der Waals surface area contributed by atoms with E-state index in [1.165, 1.54) is 0 Å². The van der Waals surface area contributed by atoms with Crippen LogP contribution in [0.3, 0.4) is 0 Å². The lowest BCUT2D eigenvalue weighted by atomic mass is 10.1. The molecule has 76 valence electrons. The van der Waals surface area contributed by atoms with E-state index in [2.05, 4.69) is 15.9 Å². The van der Waals surface area contributed by atoms with Crippen LogP contribution in [0.15, 0.2) is 16.6 Å². The van der Waals surface area contributed by atoms with Gasteiger partial charge in [0, 0.05) is 5.56 Å². The van der Waals surface area contributed by atoms with Gasteiger partial charge < -0.3 is 4.74 Å². The predicted octanol–water partition coefficient (Wildman–Crippen LogP) is 3.36. The van der Waals surface area contributed by atoms with Crippen LogP contribution < -0.4 is 4.74 Å². The molecule has 14 heavy (non-hydrogen) atoms. The lowest BCUT2D eigenvalue weighted by molar-refractivity contribution is 0.101. The monoisotopic (exact) mass is 256 g/mol. The Hall–Kier alpha value is -0.830. The maximum atomic E-state index is 11.2. The molecule has 0 aliphatic heterocycles. The number of ketones is 1. The van der Waals surface area contributed by atoms with E-state index in [4.69, 9.17) is 4.74 Å². The van der Waals surface area contributed by atoms with Crippen LogP contribution in [0.5, 0.6) is 5.75 Å². The van der Waals surface area contributed by atoms with Gasteiger partial charge in [0.25, 0.3) is 0 Å². The SMILES string of the molecule is CCOc1ccc(C(C)=O)c(C)c1Br. The van der Waals surface area contributed by atoms with E-state index in [-0.39, 0.29) is 5.78 Å². The van der Waals surface area contributed by atoms with Gasteiger partial charge in [0.15, 0.2) is 5.78 Å². The third kappa shape index (κ3) is 2.15. The van der Waals surface area contributed by atoms with Crippen molar-refractivity contribution in [1.82, 2.24) is 0 Å². The number of carbonyl (C=O) groups is 1. The maximum absolute atomic E-state index is 11.2. The van der Waals surface area contributed by atoms with Crippen LogP contribution in [0.4, 0.5) is 0 Å². The Morgan fingerprint density at radius 2 is 2.14 bits per heavy atom. The highest BCUT2D eigenvalue weighted by atomic mass is 79.9. The first kappa shape index (κ1) is 11.2. The predicted molar refractivity (Wildman–Crippen MR) is 60.1 cm³/mol. The molecule has 1 rings (SSSR count). The van der Waals surface area contributed by atoms with Crippen molar-refractivity contribution in [2.45, 2.75) is 20.8 Å². The summed E-state index contributed by atoms with van der Waals surface area (Å²) in [5.41, 5.74) is 1.67. The third-order valence-corrected chi connectivity index (χ3v) is 3.02. The molecule has 0 fully saturated rings. The van der Waals surface area contributed by atoms with E-state index in [1.54, 1.807) is 13.0 Å². The van der Waals surface area contributed by atoms with Crippen molar-refractivity contribution in [3.8, 4) is 5.75 Å². The third-order valence-electron chi connectivity index (χ3n) is 2.03. The van der Waals surface area contributed by atoms with E-state index in [9.17, 15) is 4.79 Å². The summed E-state index contributed by atoms with van der Waals surface area (Å²) in [5, 5.41) is 0. The van der Waals surface area contributed by atoms with Gasteiger partial charge in [-0.15, -0.1) is 0 Å². The summed E-state index contributed by atoms with van der Waals surface area (Å²) >= 11 is 3.42. The molecule has 0 unspecified atom stereocenters. The van der Waals surface area contributed by atoms with E-state index in [0.717, 1.165) is 21.3 Å². The van der Waals surface area contributed by atoms with Crippen LogP contribution in [-0.4, -0.2) is 12.4 Å². The Kier molecular flexibility index (Phi) is 3.69. The summed E-state index contributed by atoms with van der Waals surface area (Å²) < 4.78 is 6.26. The summed E-state index contributed by atoms with van der Waals surface area (Å²) in [6, 6.07) is 3.62. The number of rotatable bonds is 3. The van der Waals surface area contributed by atoms with E-state index >= 15 is 0 Å². The summed E-state index contributed by atoms with van der Waals surface area (Å²) in [6.07, 6.45) is 0. The molecule has 3 heteroatoms. The van der Waals surface area contributed by atoms with Crippen LogP contribution in [-0.2, 0) is 0 Å². The average molecular weight is 257 g/mol. The molecular formula is C11H13BrO2. The lowest BCUT2D eigenvalue weighted by Crippen LogP contribution is -2.00. The zero-order chi connectivity index (χ0) is 10.7. The van der Waals surface area contributed by atoms with Crippen LogP contribution in [0.1, 0.15) is 29.8 Å². The summed E-state index contributed by atoms with van der Waals surface area (Å²) in [4.78, 5) is 11.2. The summed E-state index contributed by atoms with van der Waals surface area (Å²) in [6.45, 7) is 6.02. The number of hydrogen-bond acceptors (Lipinski definition) is 2. The van der Waals surface area contributed by atoms with Crippen molar-refractivity contribution in [3.05, 3.63) is 27.7 Å². The van der Waals surface area contributed by atoms with Crippen molar-refractivity contribution < 1.29 is 9.53 Å². The fourth-order valence-electron chi connectivity index (χ4n) is 1.31. The normalized spacial score (nSPS) is 10.0. The number of carbonyl (C=O) groups excluding carboxylic acids is 1. The minimum Gasteiger partial charge on any atom is -0.493 e. The Balaban J connectivity index is 3.19. The number of halogens is 1. The molecule has 0 aromatic heterocycles. The number of benzene rings is 1. The second-order valence-electron chi connectivity index (χ2n) is 3.04. The molecule has 2 nitrogen and oxygen atoms in total. The molecule has 0 aliphatic carbocycles. The van der Waals surface area contributed by atoms with Gasteiger partial charge in [-0.1, -0.05) is 0 Å². The highest BCUT2D eigenvalue weighted by Gasteiger charge is 2.10. The standard InChI is InChI=1S/C11H13BrO2/c1-4-14-10-6-5-9(8(3)13)7(2)11(10)12/h5-6H,4H2,1-3H3. The molecular weight excluding hydrogens is 244 g/mol. The highest BCUT2D eigenvalue weighted by molar-refractivity contribution is 9.10. The molecule has 0 spiro atoms. The second-order valence-corrected chi connectivity index (χ2v) is 3.83. The fraction of sp³-hybridized carbons (Fsp3) is 0.364. The first-order valence-electron chi connectivity index (χ1n) is 4.50. The second kappa shape index (κ2) is 4.60. The van der Waals surface area contributed by atoms with Crippen LogP contribution >= 0.6 is 15.9 Å². The van der Waals surface area contributed by atoms with Gasteiger partial charge in [-0.05, 0) is 54.4 Å². The molecule has 0 saturated heterocycles. The number of Topliss-reactive ketones (excluding diaryl/α,β-unsaturated/α-hetero) is 1. The van der Waals surface area contributed by atoms with Gasteiger partial charge in [0.05, 0.1) is 11.1 Å². The van der Waals surface area contributed by atoms with Gasteiger partial charge in [0.1, 0.15) is 5.75 Å². The fourth-order valence-corrected chi connectivity index (χ4v) is 1.77. The summed E-state index contributed by atoms with van der Waals surface area (Å²) in [7, 11) is 0. The molecule has 0 heterocycles. The molecule has 1 aromatic carbocycles. The smallest absolute Gasteiger partial charge is 0.160 e. The molecule has 0 bridgehead atoms. The van der Waals surface area contributed by atoms with Gasteiger partial charge in [-0.2, -0.15) is 0 Å². The molecule has 0 amide bonds. The molecule has 1 aromatic rings. The van der Waals surface area contributed by atoms with Crippen LogP contribution in [0.25, 0.3) is 0 Å². The van der Waals surface area contributed by atoms with E-state index in [0.29, 0.717) is 6.61 Å². The van der Waals surface area contributed by atoms with Gasteiger partial charge >= 0.3 is 0 Å². The van der Waals surface area contributed by atoms with Crippen molar-refractivity contribution in [3.63, 3.8) is 0 Å². The molecule has 0 radical (unpaired) electrons. The van der Waals surface area contributed by atoms with Gasteiger partial charge in [0.2, 0.25) is 0 Å². The largest absolute Gasteiger partial charge is 0.493 e. The molecule has 0 saturated carbocycles. The zero-order valence-electron chi connectivity index (χ0n) is 8.56. The molecule has 0 N–H and O–H groups in total. The van der Waals surface area contributed by atoms with E-state index in [1.807, 2.05) is 19.9 Å². The van der Waals surface area contributed by atoms with Crippen molar-refractivity contribution >= 4 is 21.7 Å². The quantitative estimate of drug-likeness (QED) is 0.776. The Morgan fingerprint density at radius 3 is 2.64 bits per heavy atom. The van der Waals surface area contributed by atoms with E-state index < -0.39 is 0 Å². The minimum absolute atomic E-state index is 0.0752. The maximum Gasteiger partial charge on any atom is 0.160 e. The van der Waals surface area contributed by atoms with Crippen LogP contribution in [0, 0.1) is 6.92 Å². The van der Waals surface area contributed by atoms with Crippen LogP contribution in [0.2, 0.25) is 0 Å². The van der Waals surface area contributed by atoms with Gasteiger partial charge in [-0.25, -0.2) is 0 Å². The number of ether oxygens (including phenoxy) is 1. The topological polar surface area (TPSA) is 26.3 Å². The average Bonchev–Trinajstić information content (AvgIpc) is 2.13. The Labute approximate surface area is 92.4 Å².